The second kappa shape index (κ2) is 6.38. The molecule has 0 aromatic rings. The Morgan fingerprint density at radius 1 is 1.70 bits per heavy atom. The molecule has 0 radical (unpaired) electrons. The minimum Gasteiger partial charge on any atom is -0.380 e. The first-order valence-electron chi connectivity index (χ1n) is 3.61. The van der Waals surface area contributed by atoms with E-state index in [-0.39, 0.29) is 0 Å². The molecule has 0 aromatic heterocycles. The second-order valence-electron chi connectivity index (χ2n) is 2.15. The van der Waals surface area contributed by atoms with Gasteiger partial charge < -0.3 is 5.11 Å². The highest BCUT2D eigenvalue weighted by atomic mass is 16.3. The minimum atomic E-state index is -0.460. The topological polar surface area (TPSA) is 20.2 Å². The quantitative estimate of drug-likeness (QED) is 0.589. The van der Waals surface area contributed by atoms with Gasteiger partial charge in [0.2, 0.25) is 0 Å². The predicted octanol–water partition coefficient (Wildman–Crippen LogP) is 1.73. The van der Waals surface area contributed by atoms with Gasteiger partial charge in [0.15, 0.2) is 0 Å². The molecule has 1 heteroatoms. The maximum atomic E-state index is 9.09. The van der Waals surface area contributed by atoms with Crippen LogP contribution in [0.4, 0.5) is 0 Å². The lowest BCUT2D eigenvalue weighted by Crippen LogP contribution is -2.01. The van der Waals surface area contributed by atoms with Gasteiger partial charge >= 0.3 is 0 Å². The molecule has 0 amide bonds. The van der Waals surface area contributed by atoms with E-state index in [4.69, 9.17) is 5.11 Å². The van der Waals surface area contributed by atoms with Gasteiger partial charge in [0, 0.05) is 0 Å². The van der Waals surface area contributed by atoms with Gasteiger partial charge in [0.05, 0.1) is 0 Å². The van der Waals surface area contributed by atoms with Crippen molar-refractivity contribution in [2.75, 3.05) is 0 Å². The first kappa shape index (κ1) is 9.26. The monoisotopic (exact) mass is 138 g/mol. The maximum Gasteiger partial charge on any atom is 0.115 e. The van der Waals surface area contributed by atoms with Crippen LogP contribution in [0.25, 0.3) is 0 Å². The van der Waals surface area contributed by atoms with Crippen molar-refractivity contribution in [3.8, 4) is 11.8 Å². The van der Waals surface area contributed by atoms with E-state index in [2.05, 4.69) is 25.3 Å². The van der Waals surface area contributed by atoms with E-state index in [1.807, 2.05) is 0 Å². The molecule has 0 aromatic carbocycles. The van der Waals surface area contributed by atoms with Crippen LogP contribution in [0.15, 0.2) is 12.7 Å². The molecule has 10 heavy (non-hydrogen) atoms. The highest BCUT2D eigenvalue weighted by Gasteiger charge is 1.95. The third kappa shape index (κ3) is 5.40. The molecule has 0 aliphatic carbocycles. The van der Waals surface area contributed by atoms with Crippen LogP contribution in [-0.4, -0.2) is 11.2 Å². The van der Waals surface area contributed by atoms with Crippen LogP contribution in [-0.2, 0) is 0 Å². The number of rotatable bonds is 3. The lowest BCUT2D eigenvalue weighted by Gasteiger charge is -1.98. The van der Waals surface area contributed by atoms with E-state index in [0.717, 1.165) is 19.3 Å². The number of aliphatic hydroxyl groups is 1. The Hall–Kier alpha value is -0.740. The third-order valence-corrected chi connectivity index (χ3v) is 1.18. The molecule has 0 spiro atoms. The molecule has 0 aliphatic rings. The fraction of sp³-hybridized carbons (Fsp3) is 0.556. The van der Waals surface area contributed by atoms with Crippen LogP contribution in [0.2, 0.25) is 0 Å². The summed E-state index contributed by atoms with van der Waals surface area (Å²) < 4.78 is 0. The molecule has 0 aliphatic heterocycles. The van der Waals surface area contributed by atoms with Crippen molar-refractivity contribution in [2.45, 2.75) is 32.3 Å². The van der Waals surface area contributed by atoms with Crippen molar-refractivity contribution >= 4 is 0 Å². The molecule has 0 heterocycles. The third-order valence-electron chi connectivity index (χ3n) is 1.18. The summed E-state index contributed by atoms with van der Waals surface area (Å²) in [6.07, 6.45) is 3.95. The number of hydrogen-bond acceptors (Lipinski definition) is 1. The van der Waals surface area contributed by atoms with Crippen LogP contribution in [0, 0.1) is 11.8 Å². The van der Waals surface area contributed by atoms with Crippen molar-refractivity contribution in [3.63, 3.8) is 0 Å². The van der Waals surface area contributed by atoms with Gasteiger partial charge in [-0.25, -0.2) is 0 Å². The summed E-state index contributed by atoms with van der Waals surface area (Å²) in [4.78, 5) is 0. The summed E-state index contributed by atoms with van der Waals surface area (Å²) in [5.74, 6) is 5.28. The summed E-state index contributed by atoms with van der Waals surface area (Å²) in [6.45, 7) is 5.52. The summed E-state index contributed by atoms with van der Waals surface area (Å²) in [5, 5.41) is 9.09. The van der Waals surface area contributed by atoms with E-state index in [0.29, 0.717) is 0 Å². The number of aliphatic hydroxyl groups excluding tert-OH is 1. The van der Waals surface area contributed by atoms with Gasteiger partial charge in [-0.2, -0.15) is 0 Å². The molecule has 1 unspecified atom stereocenters. The van der Waals surface area contributed by atoms with Crippen LogP contribution < -0.4 is 0 Å². The Labute approximate surface area is 62.8 Å². The smallest absolute Gasteiger partial charge is 0.115 e. The lowest BCUT2D eigenvalue weighted by atomic mass is 10.2. The minimum absolute atomic E-state index is 0.460. The van der Waals surface area contributed by atoms with Crippen molar-refractivity contribution in [1.82, 2.24) is 0 Å². The molecular weight excluding hydrogens is 124 g/mol. The summed E-state index contributed by atoms with van der Waals surface area (Å²) in [5.41, 5.74) is 0. The van der Waals surface area contributed by atoms with E-state index >= 15 is 0 Å². The SMILES string of the molecule is C=CC#CC(O)CCCC. The van der Waals surface area contributed by atoms with E-state index in [1.165, 1.54) is 6.08 Å². The predicted molar refractivity (Wildman–Crippen MR) is 43.5 cm³/mol. The zero-order chi connectivity index (χ0) is 7.82. The Kier molecular flexibility index (Phi) is 5.91. The molecule has 0 fully saturated rings. The zero-order valence-corrected chi connectivity index (χ0v) is 6.43. The van der Waals surface area contributed by atoms with E-state index < -0.39 is 6.10 Å². The van der Waals surface area contributed by atoms with Gasteiger partial charge in [-0.3, -0.25) is 0 Å². The zero-order valence-electron chi connectivity index (χ0n) is 6.43. The average molecular weight is 138 g/mol. The molecule has 1 N–H and O–H groups in total. The highest BCUT2D eigenvalue weighted by Crippen LogP contribution is 1.97. The first-order valence-corrected chi connectivity index (χ1v) is 3.61. The molecule has 0 saturated carbocycles. The van der Waals surface area contributed by atoms with Crippen LogP contribution in [0.5, 0.6) is 0 Å². The largest absolute Gasteiger partial charge is 0.380 e. The van der Waals surface area contributed by atoms with Gasteiger partial charge in [-0.05, 0) is 12.5 Å². The maximum absolute atomic E-state index is 9.09. The Morgan fingerprint density at radius 2 is 2.40 bits per heavy atom. The number of hydrogen-bond donors (Lipinski definition) is 1. The van der Waals surface area contributed by atoms with Crippen LogP contribution in [0.3, 0.4) is 0 Å². The number of allylic oxidation sites excluding steroid dienone is 1. The molecule has 1 atom stereocenters. The van der Waals surface area contributed by atoms with Crippen LogP contribution >= 0.6 is 0 Å². The van der Waals surface area contributed by atoms with Gasteiger partial charge in [-0.15, -0.1) is 0 Å². The average Bonchev–Trinajstić information content (AvgIpc) is 1.97. The summed E-state index contributed by atoms with van der Waals surface area (Å²) in [7, 11) is 0. The normalized spacial score (nSPS) is 11.4. The molecular formula is C9H14O. The Balaban J connectivity index is 3.42. The van der Waals surface area contributed by atoms with Gasteiger partial charge in [0.25, 0.3) is 0 Å². The molecule has 0 bridgehead atoms. The van der Waals surface area contributed by atoms with Gasteiger partial charge in [0.1, 0.15) is 6.10 Å². The van der Waals surface area contributed by atoms with Crippen molar-refractivity contribution < 1.29 is 5.11 Å². The lowest BCUT2D eigenvalue weighted by molar-refractivity contribution is 0.218. The Bertz CT molecular complexity index is 139. The number of unbranched alkanes of at least 4 members (excludes halogenated alkanes) is 1. The first-order chi connectivity index (χ1) is 4.81. The van der Waals surface area contributed by atoms with Crippen molar-refractivity contribution in [1.29, 1.82) is 0 Å². The van der Waals surface area contributed by atoms with Crippen molar-refractivity contribution in [3.05, 3.63) is 12.7 Å². The standard InChI is InChI=1S/C9H14O/c1-3-5-7-9(10)8-6-4-2/h3,9-10H,1,4,6,8H2,2H3. The molecule has 1 nitrogen and oxygen atoms in total. The highest BCUT2D eigenvalue weighted by molar-refractivity contribution is 5.14. The molecule has 0 rings (SSSR count). The molecule has 56 valence electrons. The fourth-order valence-corrected chi connectivity index (χ4v) is 0.625. The summed E-state index contributed by atoms with van der Waals surface area (Å²) in [6, 6.07) is 0. The second-order valence-corrected chi connectivity index (χ2v) is 2.15. The fourth-order valence-electron chi connectivity index (χ4n) is 0.625. The van der Waals surface area contributed by atoms with Crippen molar-refractivity contribution in [2.24, 2.45) is 0 Å². The summed E-state index contributed by atoms with van der Waals surface area (Å²) >= 11 is 0. The van der Waals surface area contributed by atoms with E-state index in [1.54, 1.807) is 0 Å². The van der Waals surface area contributed by atoms with E-state index in [9.17, 15) is 0 Å². The Morgan fingerprint density at radius 3 is 2.90 bits per heavy atom. The molecule has 0 saturated heterocycles. The van der Waals surface area contributed by atoms with Gasteiger partial charge in [-0.1, -0.05) is 38.2 Å². The van der Waals surface area contributed by atoms with Crippen LogP contribution in [0.1, 0.15) is 26.2 Å².